The molecule has 20 heavy (non-hydrogen) atoms. The van der Waals surface area contributed by atoms with Gasteiger partial charge in [-0.1, -0.05) is 6.92 Å². The minimum atomic E-state index is 0.126. The molecule has 2 aliphatic heterocycles. The van der Waals surface area contributed by atoms with E-state index in [1.807, 2.05) is 4.90 Å². The molecule has 0 aromatic carbocycles. The van der Waals surface area contributed by atoms with Gasteiger partial charge >= 0.3 is 0 Å². The Kier molecular flexibility index (Phi) is 5.83. The van der Waals surface area contributed by atoms with Crippen molar-refractivity contribution < 1.29 is 9.59 Å². The van der Waals surface area contributed by atoms with E-state index in [1.165, 1.54) is 0 Å². The Hall–Kier alpha value is -1.10. The van der Waals surface area contributed by atoms with Crippen LogP contribution in [0.2, 0.25) is 0 Å². The molecule has 0 radical (unpaired) electrons. The van der Waals surface area contributed by atoms with Crippen molar-refractivity contribution in [2.45, 2.75) is 39.0 Å². The molecule has 2 heterocycles. The standard InChI is InChI=1S/C15H27N3O2/c1-2-9-17(11-13-5-7-16-8-6-13)15(20)12-18-10-3-4-14(18)19/h13,16H,2-12H2,1H3. The Morgan fingerprint density at radius 3 is 2.75 bits per heavy atom. The highest BCUT2D eigenvalue weighted by atomic mass is 16.2. The lowest BCUT2D eigenvalue weighted by atomic mass is 9.97. The predicted molar refractivity (Wildman–Crippen MR) is 78.3 cm³/mol. The SMILES string of the molecule is CCCN(CC1CCNCC1)C(=O)CN1CCCC1=O. The number of piperidine rings is 1. The Balaban J connectivity index is 1.85. The molecule has 2 aliphatic rings. The fraction of sp³-hybridized carbons (Fsp3) is 0.867. The van der Waals surface area contributed by atoms with E-state index in [-0.39, 0.29) is 18.4 Å². The molecule has 0 bridgehead atoms. The summed E-state index contributed by atoms with van der Waals surface area (Å²) in [6, 6.07) is 0. The summed E-state index contributed by atoms with van der Waals surface area (Å²) in [7, 11) is 0. The normalized spacial score (nSPS) is 20.4. The molecule has 0 aromatic rings. The highest BCUT2D eigenvalue weighted by molar-refractivity contribution is 5.85. The third-order valence-corrected chi connectivity index (χ3v) is 4.28. The van der Waals surface area contributed by atoms with Gasteiger partial charge in [-0.05, 0) is 44.7 Å². The second-order valence-corrected chi connectivity index (χ2v) is 5.95. The molecule has 0 aromatic heterocycles. The number of hydrogen-bond donors (Lipinski definition) is 1. The Morgan fingerprint density at radius 2 is 2.15 bits per heavy atom. The van der Waals surface area contributed by atoms with E-state index < -0.39 is 0 Å². The molecule has 2 amide bonds. The summed E-state index contributed by atoms with van der Waals surface area (Å²) in [6.45, 7) is 6.92. The minimum Gasteiger partial charge on any atom is -0.341 e. The zero-order valence-electron chi connectivity index (χ0n) is 12.6. The molecule has 5 nitrogen and oxygen atoms in total. The molecular formula is C15H27N3O2. The maximum Gasteiger partial charge on any atom is 0.242 e. The summed E-state index contributed by atoms with van der Waals surface area (Å²) in [6.07, 6.45) is 4.78. The topological polar surface area (TPSA) is 52.7 Å². The first kappa shape index (κ1) is 15.3. The number of nitrogens with one attached hydrogen (secondary N) is 1. The quantitative estimate of drug-likeness (QED) is 0.785. The van der Waals surface area contributed by atoms with Gasteiger partial charge in [-0.25, -0.2) is 0 Å². The zero-order valence-corrected chi connectivity index (χ0v) is 12.6. The van der Waals surface area contributed by atoms with Crippen LogP contribution in [0.1, 0.15) is 39.0 Å². The monoisotopic (exact) mass is 281 g/mol. The molecule has 0 aliphatic carbocycles. The van der Waals surface area contributed by atoms with E-state index >= 15 is 0 Å². The van der Waals surface area contributed by atoms with Gasteiger partial charge in [0.15, 0.2) is 0 Å². The molecule has 114 valence electrons. The van der Waals surface area contributed by atoms with Crippen molar-refractivity contribution in [3.05, 3.63) is 0 Å². The van der Waals surface area contributed by atoms with Crippen molar-refractivity contribution in [2.24, 2.45) is 5.92 Å². The number of hydrogen-bond acceptors (Lipinski definition) is 3. The van der Waals surface area contributed by atoms with Crippen LogP contribution in [0, 0.1) is 5.92 Å². The van der Waals surface area contributed by atoms with E-state index in [0.29, 0.717) is 12.3 Å². The molecule has 0 atom stereocenters. The van der Waals surface area contributed by atoms with Gasteiger partial charge in [-0.3, -0.25) is 9.59 Å². The van der Waals surface area contributed by atoms with Gasteiger partial charge in [0, 0.05) is 26.1 Å². The smallest absolute Gasteiger partial charge is 0.242 e. The van der Waals surface area contributed by atoms with E-state index in [1.54, 1.807) is 4.90 Å². The van der Waals surface area contributed by atoms with Crippen molar-refractivity contribution in [1.82, 2.24) is 15.1 Å². The van der Waals surface area contributed by atoms with Gasteiger partial charge in [0.05, 0.1) is 6.54 Å². The van der Waals surface area contributed by atoms with E-state index in [9.17, 15) is 9.59 Å². The molecule has 2 fully saturated rings. The number of amides is 2. The predicted octanol–water partition coefficient (Wildman–Crippen LogP) is 0.847. The molecule has 0 saturated carbocycles. The number of rotatable bonds is 6. The summed E-state index contributed by atoms with van der Waals surface area (Å²) in [5, 5.41) is 3.36. The average molecular weight is 281 g/mol. The summed E-state index contributed by atoms with van der Waals surface area (Å²) < 4.78 is 0. The lowest BCUT2D eigenvalue weighted by Crippen LogP contribution is -2.44. The lowest BCUT2D eigenvalue weighted by Gasteiger charge is -2.31. The summed E-state index contributed by atoms with van der Waals surface area (Å²) in [4.78, 5) is 27.7. The van der Waals surface area contributed by atoms with Crippen LogP contribution in [0.5, 0.6) is 0 Å². The van der Waals surface area contributed by atoms with E-state index in [2.05, 4.69) is 12.2 Å². The van der Waals surface area contributed by atoms with Gasteiger partial charge in [0.25, 0.3) is 0 Å². The van der Waals surface area contributed by atoms with Crippen LogP contribution in [0.15, 0.2) is 0 Å². The highest BCUT2D eigenvalue weighted by Crippen LogP contribution is 2.15. The molecule has 0 unspecified atom stereocenters. The summed E-state index contributed by atoms with van der Waals surface area (Å²) in [5.41, 5.74) is 0. The first-order valence-electron chi connectivity index (χ1n) is 7.97. The Labute approximate surface area is 121 Å². The molecule has 2 saturated heterocycles. The first-order valence-corrected chi connectivity index (χ1v) is 7.97. The van der Waals surface area contributed by atoms with Crippen molar-refractivity contribution in [1.29, 1.82) is 0 Å². The highest BCUT2D eigenvalue weighted by Gasteiger charge is 2.26. The van der Waals surface area contributed by atoms with Crippen LogP contribution in [-0.4, -0.2) is 60.9 Å². The molecule has 1 N–H and O–H groups in total. The Bertz CT molecular complexity index is 340. The number of likely N-dealkylation sites (tertiary alicyclic amines) is 1. The fourth-order valence-electron chi connectivity index (χ4n) is 3.10. The van der Waals surface area contributed by atoms with Crippen molar-refractivity contribution in [3.8, 4) is 0 Å². The molecule has 5 heteroatoms. The average Bonchev–Trinajstić information content (AvgIpc) is 2.85. The van der Waals surface area contributed by atoms with Crippen molar-refractivity contribution in [3.63, 3.8) is 0 Å². The van der Waals surface area contributed by atoms with Crippen LogP contribution in [0.4, 0.5) is 0 Å². The number of nitrogens with zero attached hydrogens (tertiary/aromatic N) is 2. The number of carbonyl (C=O) groups excluding carboxylic acids is 2. The largest absolute Gasteiger partial charge is 0.341 e. The van der Waals surface area contributed by atoms with Crippen LogP contribution in [-0.2, 0) is 9.59 Å². The first-order chi connectivity index (χ1) is 9.70. The zero-order chi connectivity index (χ0) is 14.4. The van der Waals surface area contributed by atoms with E-state index in [0.717, 1.165) is 58.4 Å². The van der Waals surface area contributed by atoms with Gasteiger partial charge in [0.2, 0.25) is 11.8 Å². The molecular weight excluding hydrogens is 254 g/mol. The third kappa shape index (κ3) is 4.20. The van der Waals surface area contributed by atoms with E-state index in [4.69, 9.17) is 0 Å². The van der Waals surface area contributed by atoms with Gasteiger partial charge in [-0.15, -0.1) is 0 Å². The van der Waals surface area contributed by atoms with Crippen molar-refractivity contribution >= 4 is 11.8 Å². The maximum absolute atomic E-state index is 12.4. The fourth-order valence-corrected chi connectivity index (χ4v) is 3.10. The van der Waals surface area contributed by atoms with Crippen LogP contribution in [0.25, 0.3) is 0 Å². The second-order valence-electron chi connectivity index (χ2n) is 5.95. The summed E-state index contributed by atoms with van der Waals surface area (Å²) >= 11 is 0. The number of carbonyl (C=O) groups is 2. The Morgan fingerprint density at radius 1 is 1.40 bits per heavy atom. The summed E-state index contributed by atoms with van der Waals surface area (Å²) in [5.74, 6) is 0.873. The molecule has 0 spiro atoms. The third-order valence-electron chi connectivity index (χ3n) is 4.28. The minimum absolute atomic E-state index is 0.126. The molecule has 2 rings (SSSR count). The maximum atomic E-state index is 12.4. The van der Waals surface area contributed by atoms with Crippen LogP contribution in [0.3, 0.4) is 0 Å². The lowest BCUT2D eigenvalue weighted by molar-refractivity contribution is -0.138. The van der Waals surface area contributed by atoms with Crippen LogP contribution >= 0.6 is 0 Å². The van der Waals surface area contributed by atoms with Gasteiger partial charge < -0.3 is 15.1 Å². The van der Waals surface area contributed by atoms with Gasteiger partial charge in [-0.2, -0.15) is 0 Å². The van der Waals surface area contributed by atoms with Crippen molar-refractivity contribution in [2.75, 3.05) is 39.3 Å². The van der Waals surface area contributed by atoms with Gasteiger partial charge in [0.1, 0.15) is 0 Å². The second kappa shape index (κ2) is 7.62. The van der Waals surface area contributed by atoms with Crippen LogP contribution < -0.4 is 5.32 Å².